The van der Waals surface area contributed by atoms with Crippen molar-refractivity contribution in [2.45, 2.75) is 26.3 Å². The van der Waals surface area contributed by atoms with Gasteiger partial charge in [0, 0.05) is 31.2 Å². The lowest BCUT2D eigenvalue weighted by atomic mass is 10.0. The van der Waals surface area contributed by atoms with E-state index in [1.165, 1.54) is 0 Å². The summed E-state index contributed by atoms with van der Waals surface area (Å²) in [5, 5.41) is 3.09. The molecule has 0 aliphatic carbocycles. The Morgan fingerprint density at radius 3 is 2.30 bits per heavy atom. The highest BCUT2D eigenvalue weighted by Gasteiger charge is 2.17. The highest BCUT2D eigenvalue weighted by Crippen LogP contribution is 2.23. The van der Waals surface area contributed by atoms with Crippen LogP contribution in [0.25, 0.3) is 0 Å². The zero-order valence-corrected chi connectivity index (χ0v) is 17.0. The van der Waals surface area contributed by atoms with Gasteiger partial charge in [0.25, 0.3) is 5.91 Å². The van der Waals surface area contributed by atoms with E-state index in [-0.39, 0.29) is 36.7 Å². The Labute approximate surface area is 171 Å². The first-order valence-electron chi connectivity index (χ1n) is 8.65. The van der Waals surface area contributed by atoms with Crippen LogP contribution >= 0.6 is 24.0 Å². The van der Waals surface area contributed by atoms with Gasteiger partial charge in [0.15, 0.2) is 0 Å². The molecule has 0 radical (unpaired) electrons. The van der Waals surface area contributed by atoms with Gasteiger partial charge in [0.05, 0.1) is 10.6 Å². The maximum Gasteiger partial charge on any atom is 0.255 e. The van der Waals surface area contributed by atoms with E-state index in [0.29, 0.717) is 29.4 Å². The van der Waals surface area contributed by atoms with Gasteiger partial charge in [-0.3, -0.25) is 9.59 Å². The van der Waals surface area contributed by atoms with Gasteiger partial charge in [-0.1, -0.05) is 41.9 Å². The van der Waals surface area contributed by atoms with Crippen LogP contribution in [0.15, 0.2) is 48.5 Å². The van der Waals surface area contributed by atoms with Crippen LogP contribution < -0.4 is 11.1 Å². The molecule has 27 heavy (non-hydrogen) atoms. The summed E-state index contributed by atoms with van der Waals surface area (Å²) in [6.07, 6.45) is 0.155. The average molecular weight is 410 g/mol. The van der Waals surface area contributed by atoms with Gasteiger partial charge in [-0.25, -0.2) is 0 Å². The molecule has 0 bridgehead atoms. The summed E-state index contributed by atoms with van der Waals surface area (Å²) in [5.41, 5.74) is 7.94. The molecule has 5 nitrogen and oxygen atoms in total. The molecule has 2 rings (SSSR count). The molecule has 7 heteroatoms. The Morgan fingerprint density at radius 2 is 1.74 bits per heavy atom. The number of benzene rings is 2. The number of carbonyl (C=O) groups is 2. The smallest absolute Gasteiger partial charge is 0.255 e. The quantitative estimate of drug-likeness (QED) is 0.716. The molecular weight excluding hydrogens is 385 g/mol. The van der Waals surface area contributed by atoms with Gasteiger partial charge in [-0.05, 0) is 37.6 Å². The molecule has 2 aromatic carbocycles. The third-order valence-corrected chi connectivity index (χ3v) is 4.48. The van der Waals surface area contributed by atoms with Crippen LogP contribution in [-0.4, -0.2) is 29.8 Å². The number of carbonyl (C=O) groups excluding carboxylic acids is 2. The predicted molar refractivity (Wildman–Crippen MR) is 113 cm³/mol. The van der Waals surface area contributed by atoms with Crippen LogP contribution in [0.4, 0.5) is 5.69 Å². The number of anilines is 1. The van der Waals surface area contributed by atoms with Crippen molar-refractivity contribution >= 4 is 41.5 Å². The standard InChI is InChI=1S/C20H24ClN3O2.ClH/c1-3-24(4-2)20(26)16-11-10-15(12-17(16)21)23-19(25)13-18(22)14-8-6-5-7-9-14;/h5-12,18H,3-4,13,22H2,1-2H3,(H,23,25);1H. The second kappa shape index (κ2) is 10.9. The van der Waals surface area contributed by atoms with Crippen molar-refractivity contribution in [3.05, 3.63) is 64.7 Å². The van der Waals surface area contributed by atoms with E-state index in [1.807, 2.05) is 44.2 Å². The van der Waals surface area contributed by atoms with Crippen molar-refractivity contribution in [2.75, 3.05) is 18.4 Å². The number of nitrogens with zero attached hydrogens (tertiary/aromatic N) is 1. The lowest BCUT2D eigenvalue weighted by molar-refractivity contribution is -0.116. The second-order valence-electron chi connectivity index (χ2n) is 5.94. The molecule has 2 amide bonds. The highest BCUT2D eigenvalue weighted by molar-refractivity contribution is 6.34. The Kier molecular flexibility index (Phi) is 9.29. The zero-order chi connectivity index (χ0) is 19.1. The summed E-state index contributed by atoms with van der Waals surface area (Å²) < 4.78 is 0. The van der Waals surface area contributed by atoms with E-state index in [1.54, 1.807) is 23.1 Å². The number of hydrogen-bond donors (Lipinski definition) is 2. The first kappa shape index (κ1) is 23.0. The zero-order valence-electron chi connectivity index (χ0n) is 15.4. The monoisotopic (exact) mass is 409 g/mol. The highest BCUT2D eigenvalue weighted by atomic mass is 35.5. The third kappa shape index (κ3) is 6.24. The normalized spacial score (nSPS) is 11.3. The molecule has 2 aromatic rings. The Morgan fingerprint density at radius 1 is 1.11 bits per heavy atom. The first-order chi connectivity index (χ1) is 12.5. The number of hydrogen-bond acceptors (Lipinski definition) is 3. The minimum atomic E-state index is -0.379. The van der Waals surface area contributed by atoms with E-state index in [4.69, 9.17) is 17.3 Å². The molecule has 0 heterocycles. The Balaban J connectivity index is 0.00000364. The summed E-state index contributed by atoms with van der Waals surface area (Å²) in [6.45, 7) is 5.06. The molecule has 0 aliphatic rings. The number of halogens is 2. The molecule has 0 fully saturated rings. The number of amides is 2. The number of nitrogens with one attached hydrogen (secondary N) is 1. The molecule has 3 N–H and O–H groups in total. The lowest BCUT2D eigenvalue weighted by Gasteiger charge is -2.19. The Bertz CT molecular complexity index is 765. The van der Waals surface area contributed by atoms with Crippen molar-refractivity contribution in [1.29, 1.82) is 0 Å². The van der Waals surface area contributed by atoms with Gasteiger partial charge < -0.3 is 16.0 Å². The molecule has 1 atom stereocenters. The molecule has 0 saturated heterocycles. The van der Waals surface area contributed by atoms with E-state index in [2.05, 4.69) is 5.32 Å². The van der Waals surface area contributed by atoms with Crippen LogP contribution in [0, 0.1) is 0 Å². The molecule has 0 saturated carbocycles. The van der Waals surface area contributed by atoms with Crippen LogP contribution in [0.1, 0.15) is 42.2 Å². The van der Waals surface area contributed by atoms with Gasteiger partial charge in [-0.2, -0.15) is 0 Å². The van der Waals surface area contributed by atoms with Gasteiger partial charge in [0.1, 0.15) is 0 Å². The molecule has 0 aliphatic heterocycles. The van der Waals surface area contributed by atoms with Crippen LogP contribution in [-0.2, 0) is 4.79 Å². The van der Waals surface area contributed by atoms with Crippen molar-refractivity contribution in [1.82, 2.24) is 4.90 Å². The van der Waals surface area contributed by atoms with Gasteiger partial charge >= 0.3 is 0 Å². The van der Waals surface area contributed by atoms with Crippen molar-refractivity contribution in [2.24, 2.45) is 5.73 Å². The molecule has 0 aromatic heterocycles. The average Bonchev–Trinajstić information content (AvgIpc) is 2.63. The van der Waals surface area contributed by atoms with E-state index in [0.717, 1.165) is 5.56 Å². The summed E-state index contributed by atoms with van der Waals surface area (Å²) in [4.78, 5) is 26.3. The maximum absolute atomic E-state index is 12.4. The van der Waals surface area contributed by atoms with E-state index in [9.17, 15) is 9.59 Å². The minimum absolute atomic E-state index is 0. The molecule has 1 unspecified atom stereocenters. The fourth-order valence-corrected chi connectivity index (χ4v) is 2.94. The second-order valence-corrected chi connectivity index (χ2v) is 6.35. The first-order valence-corrected chi connectivity index (χ1v) is 9.03. The molecule has 146 valence electrons. The maximum atomic E-state index is 12.4. The Hall–Kier alpha value is -2.08. The summed E-state index contributed by atoms with van der Waals surface area (Å²) >= 11 is 6.24. The number of rotatable bonds is 7. The van der Waals surface area contributed by atoms with Crippen molar-refractivity contribution < 1.29 is 9.59 Å². The van der Waals surface area contributed by atoms with Crippen LogP contribution in [0.3, 0.4) is 0 Å². The SMILES string of the molecule is CCN(CC)C(=O)c1ccc(NC(=O)CC(N)c2ccccc2)cc1Cl.Cl. The minimum Gasteiger partial charge on any atom is -0.339 e. The fraction of sp³-hybridized carbons (Fsp3) is 0.300. The third-order valence-electron chi connectivity index (χ3n) is 4.17. The van der Waals surface area contributed by atoms with Crippen LogP contribution in [0.2, 0.25) is 5.02 Å². The van der Waals surface area contributed by atoms with E-state index >= 15 is 0 Å². The van der Waals surface area contributed by atoms with E-state index < -0.39 is 0 Å². The number of nitrogens with two attached hydrogens (primary N) is 1. The fourth-order valence-electron chi connectivity index (χ4n) is 2.68. The summed E-state index contributed by atoms with van der Waals surface area (Å²) in [5.74, 6) is -0.329. The van der Waals surface area contributed by atoms with Gasteiger partial charge in [-0.15, -0.1) is 12.4 Å². The largest absolute Gasteiger partial charge is 0.339 e. The summed E-state index contributed by atoms with van der Waals surface area (Å²) in [6, 6.07) is 14.0. The topological polar surface area (TPSA) is 75.4 Å². The van der Waals surface area contributed by atoms with Crippen molar-refractivity contribution in [3.63, 3.8) is 0 Å². The lowest BCUT2D eigenvalue weighted by Crippen LogP contribution is -2.30. The van der Waals surface area contributed by atoms with Crippen molar-refractivity contribution in [3.8, 4) is 0 Å². The summed E-state index contributed by atoms with van der Waals surface area (Å²) in [7, 11) is 0. The van der Waals surface area contributed by atoms with Gasteiger partial charge in [0.2, 0.25) is 5.91 Å². The molecule has 0 spiro atoms. The van der Waals surface area contributed by atoms with Crippen LogP contribution in [0.5, 0.6) is 0 Å². The molecular formula is C20H25Cl2N3O2. The predicted octanol–water partition coefficient (Wildman–Crippen LogP) is 4.27.